The molecule has 0 amide bonds. The third-order valence-electron chi connectivity index (χ3n) is 2.35. The quantitative estimate of drug-likeness (QED) is 0.732. The number of benzene rings is 1. The third-order valence-corrected chi connectivity index (χ3v) is 5.94. The van der Waals surface area contributed by atoms with Gasteiger partial charge in [0.25, 0.3) is 0 Å². The fraction of sp³-hybridized carbons (Fsp3) is 0.455. The van der Waals surface area contributed by atoms with Gasteiger partial charge in [-0.25, -0.2) is 0 Å². The zero-order valence-corrected chi connectivity index (χ0v) is 9.87. The molecule has 1 saturated heterocycles. The van der Waals surface area contributed by atoms with Gasteiger partial charge >= 0.3 is 0 Å². The van der Waals surface area contributed by atoms with Crippen LogP contribution in [-0.4, -0.2) is 15.7 Å². The lowest BCUT2D eigenvalue weighted by Gasteiger charge is -2.21. The highest BCUT2D eigenvalue weighted by Crippen LogP contribution is 2.36. The lowest BCUT2D eigenvalue weighted by molar-refractivity contribution is 0.679. The van der Waals surface area contributed by atoms with Crippen LogP contribution in [0.15, 0.2) is 24.3 Å². The summed E-state index contributed by atoms with van der Waals surface area (Å²) in [5, 5.41) is 0. The Balaban J connectivity index is 2.20. The van der Waals surface area contributed by atoms with Crippen LogP contribution in [0.4, 0.5) is 0 Å². The van der Waals surface area contributed by atoms with E-state index < -0.39 is 10.8 Å². The lowest BCUT2D eigenvalue weighted by atomic mass is 10.2. The van der Waals surface area contributed by atoms with Gasteiger partial charge in [-0.3, -0.25) is 4.21 Å². The molecule has 1 aromatic rings. The summed E-state index contributed by atoms with van der Waals surface area (Å²) in [6.45, 7) is 2.08. The molecule has 0 N–H and O–H groups in total. The molecule has 1 unspecified atom stereocenters. The summed E-state index contributed by atoms with van der Waals surface area (Å²) in [6, 6.07) is 8.41. The van der Waals surface area contributed by atoms with Crippen LogP contribution in [0.1, 0.15) is 22.1 Å². The van der Waals surface area contributed by atoms with Crippen molar-refractivity contribution in [1.82, 2.24) is 0 Å². The van der Waals surface area contributed by atoms with Gasteiger partial charge in [-0.05, 0) is 24.7 Å². The summed E-state index contributed by atoms with van der Waals surface area (Å²) in [4.78, 5) is 0. The highest BCUT2D eigenvalue weighted by molar-refractivity contribution is 8.11. The van der Waals surface area contributed by atoms with Crippen molar-refractivity contribution < 1.29 is 4.21 Å². The molecule has 1 aliphatic heterocycles. The molecule has 0 aromatic heterocycles. The maximum absolute atomic E-state index is 11.8. The second-order valence-corrected chi connectivity index (χ2v) is 6.70. The molecule has 76 valence electrons. The first-order valence-corrected chi connectivity index (χ1v) is 7.26. The molecular formula is C11H14OS2. The Bertz CT molecular complexity index is 332. The Labute approximate surface area is 91.7 Å². The maximum Gasteiger partial charge on any atom is 0.105 e. The number of hydrogen-bond acceptors (Lipinski definition) is 2. The van der Waals surface area contributed by atoms with E-state index in [0.717, 1.165) is 17.9 Å². The zero-order chi connectivity index (χ0) is 9.97. The van der Waals surface area contributed by atoms with Crippen LogP contribution in [0.25, 0.3) is 0 Å². The van der Waals surface area contributed by atoms with Crippen LogP contribution in [-0.2, 0) is 10.8 Å². The molecule has 2 rings (SSSR count). The summed E-state index contributed by atoms with van der Waals surface area (Å²) < 4.78 is 12.0. The molecule has 1 fully saturated rings. The summed E-state index contributed by atoms with van der Waals surface area (Å²) in [5.74, 6) is 2.01. The molecular weight excluding hydrogens is 212 g/mol. The highest BCUT2D eigenvalue weighted by Gasteiger charge is 2.22. The van der Waals surface area contributed by atoms with Gasteiger partial charge in [-0.15, -0.1) is 11.8 Å². The van der Waals surface area contributed by atoms with Crippen molar-refractivity contribution in [2.75, 3.05) is 11.5 Å². The van der Waals surface area contributed by atoms with E-state index in [1.54, 1.807) is 0 Å². The second kappa shape index (κ2) is 4.49. The molecule has 0 saturated carbocycles. The summed E-state index contributed by atoms with van der Waals surface area (Å²) in [7, 11) is -0.673. The van der Waals surface area contributed by atoms with Crippen molar-refractivity contribution in [1.29, 1.82) is 0 Å². The van der Waals surface area contributed by atoms with Crippen LogP contribution < -0.4 is 0 Å². The van der Waals surface area contributed by atoms with Gasteiger partial charge in [0.1, 0.15) is 4.58 Å². The number of hydrogen-bond donors (Lipinski definition) is 0. The van der Waals surface area contributed by atoms with Gasteiger partial charge in [-0.1, -0.05) is 29.8 Å². The molecule has 0 bridgehead atoms. The van der Waals surface area contributed by atoms with Crippen molar-refractivity contribution >= 4 is 22.6 Å². The SMILES string of the molecule is Cc1ccc([C@@H]2SCCCS2=O)cc1. The van der Waals surface area contributed by atoms with E-state index in [2.05, 4.69) is 31.2 Å². The Morgan fingerprint density at radius 3 is 2.71 bits per heavy atom. The van der Waals surface area contributed by atoms with E-state index in [0.29, 0.717) is 0 Å². The first kappa shape index (κ1) is 10.2. The van der Waals surface area contributed by atoms with Gasteiger partial charge < -0.3 is 0 Å². The lowest BCUT2D eigenvalue weighted by Crippen LogP contribution is -2.13. The van der Waals surface area contributed by atoms with Gasteiger partial charge in [0, 0.05) is 16.6 Å². The standard InChI is InChI=1S/C11H14OS2/c1-9-3-5-10(6-4-9)11-13-7-2-8-14(11)12/h3-6,11H,2,7-8H2,1H3/t11-,14?/m1/s1. The minimum atomic E-state index is -0.673. The molecule has 1 aliphatic rings. The van der Waals surface area contributed by atoms with Crippen LogP contribution in [0.2, 0.25) is 0 Å². The van der Waals surface area contributed by atoms with E-state index in [4.69, 9.17) is 0 Å². The third kappa shape index (κ3) is 2.20. The average Bonchev–Trinajstić information content (AvgIpc) is 2.20. The monoisotopic (exact) mass is 226 g/mol. The molecule has 0 aliphatic carbocycles. The van der Waals surface area contributed by atoms with E-state index >= 15 is 0 Å². The number of thioether (sulfide) groups is 1. The van der Waals surface area contributed by atoms with E-state index in [1.165, 1.54) is 11.1 Å². The van der Waals surface area contributed by atoms with E-state index in [1.807, 2.05) is 11.8 Å². The average molecular weight is 226 g/mol. The van der Waals surface area contributed by atoms with Gasteiger partial charge in [-0.2, -0.15) is 0 Å². The summed E-state index contributed by atoms with van der Waals surface area (Å²) in [5.41, 5.74) is 2.49. The topological polar surface area (TPSA) is 17.1 Å². The van der Waals surface area contributed by atoms with Crippen LogP contribution in [0.5, 0.6) is 0 Å². The predicted octanol–water partition coefficient (Wildman–Crippen LogP) is 2.88. The van der Waals surface area contributed by atoms with Gasteiger partial charge in [0.15, 0.2) is 0 Å². The van der Waals surface area contributed by atoms with Crippen molar-refractivity contribution in [3.05, 3.63) is 35.4 Å². The highest BCUT2D eigenvalue weighted by atomic mass is 32.2. The molecule has 1 nitrogen and oxygen atoms in total. The smallest absolute Gasteiger partial charge is 0.105 e. The van der Waals surface area contributed by atoms with E-state index in [9.17, 15) is 4.21 Å². The fourth-order valence-electron chi connectivity index (χ4n) is 1.55. The maximum atomic E-state index is 11.8. The van der Waals surface area contributed by atoms with Gasteiger partial charge in [0.2, 0.25) is 0 Å². The molecule has 2 atom stereocenters. The fourth-order valence-corrected chi connectivity index (χ4v) is 4.89. The molecule has 0 radical (unpaired) electrons. The molecule has 1 heterocycles. The van der Waals surface area contributed by atoms with Crippen LogP contribution in [0, 0.1) is 6.92 Å². The first-order valence-electron chi connectivity index (χ1n) is 4.83. The minimum absolute atomic E-state index is 0.212. The molecule has 14 heavy (non-hydrogen) atoms. The van der Waals surface area contributed by atoms with Crippen LogP contribution in [0.3, 0.4) is 0 Å². The Morgan fingerprint density at radius 1 is 1.36 bits per heavy atom. The minimum Gasteiger partial charge on any atom is -0.258 e. The molecule has 3 heteroatoms. The summed E-state index contributed by atoms with van der Waals surface area (Å²) in [6.07, 6.45) is 1.10. The van der Waals surface area contributed by atoms with Crippen molar-refractivity contribution in [3.8, 4) is 0 Å². The summed E-state index contributed by atoms with van der Waals surface area (Å²) >= 11 is 1.83. The second-order valence-electron chi connectivity index (χ2n) is 3.55. The first-order chi connectivity index (χ1) is 6.77. The predicted molar refractivity (Wildman–Crippen MR) is 64.0 cm³/mol. The van der Waals surface area contributed by atoms with Crippen molar-refractivity contribution in [2.45, 2.75) is 17.9 Å². The number of aryl methyl sites for hydroxylation is 1. The Morgan fingerprint density at radius 2 is 2.07 bits per heavy atom. The Kier molecular flexibility index (Phi) is 3.29. The Hall–Kier alpha value is -0.280. The van der Waals surface area contributed by atoms with Crippen molar-refractivity contribution in [3.63, 3.8) is 0 Å². The normalized spacial score (nSPS) is 27.5. The van der Waals surface area contributed by atoms with E-state index in [-0.39, 0.29) is 4.58 Å². The van der Waals surface area contributed by atoms with Gasteiger partial charge in [0.05, 0.1) is 0 Å². The number of rotatable bonds is 1. The molecule has 0 spiro atoms. The largest absolute Gasteiger partial charge is 0.258 e. The zero-order valence-electron chi connectivity index (χ0n) is 8.23. The van der Waals surface area contributed by atoms with Crippen LogP contribution >= 0.6 is 11.8 Å². The van der Waals surface area contributed by atoms with Crippen molar-refractivity contribution in [2.24, 2.45) is 0 Å². The molecule has 1 aromatic carbocycles.